The van der Waals surface area contributed by atoms with Crippen molar-refractivity contribution in [2.75, 3.05) is 0 Å². The highest BCUT2D eigenvalue weighted by molar-refractivity contribution is 5.76. The van der Waals surface area contributed by atoms with Gasteiger partial charge in [-0.3, -0.25) is 9.36 Å². The van der Waals surface area contributed by atoms with Gasteiger partial charge in [0.05, 0.1) is 0 Å². The van der Waals surface area contributed by atoms with Gasteiger partial charge in [-0.15, -0.1) is 0 Å². The maximum Gasteiger partial charge on any atom is 0.346 e. The van der Waals surface area contributed by atoms with Gasteiger partial charge in [0, 0.05) is 25.6 Å². The molecule has 1 amide bonds. The number of aryl methyl sites for hydroxylation is 1. The Morgan fingerprint density at radius 1 is 1.22 bits per heavy atom. The largest absolute Gasteiger partial charge is 0.346 e. The van der Waals surface area contributed by atoms with Crippen LogP contribution in [0.15, 0.2) is 35.1 Å². The van der Waals surface area contributed by atoms with Crippen molar-refractivity contribution in [2.24, 2.45) is 5.92 Å². The second-order valence-electron chi connectivity index (χ2n) is 7.90. The van der Waals surface area contributed by atoms with Crippen molar-refractivity contribution in [2.45, 2.75) is 71.1 Å². The number of amides is 1. The molecule has 1 aliphatic carbocycles. The number of hydrogen-bond acceptors (Lipinski definition) is 3. The van der Waals surface area contributed by atoms with Crippen LogP contribution >= 0.6 is 0 Å². The number of rotatable bonds is 6. The molecule has 0 saturated heterocycles. The zero-order chi connectivity index (χ0) is 18.8. The molecule has 1 saturated carbocycles. The molecule has 0 N–H and O–H groups in total. The number of aromatic nitrogens is 3. The van der Waals surface area contributed by atoms with Crippen LogP contribution in [0.4, 0.5) is 0 Å². The summed E-state index contributed by atoms with van der Waals surface area (Å²) in [6.07, 6.45) is 6.37. The fraction of sp³-hybridized carbons (Fsp3) is 0.571. The normalized spacial score (nSPS) is 17.8. The molecule has 4 rings (SSSR count). The number of benzene rings is 1. The summed E-state index contributed by atoms with van der Waals surface area (Å²) in [5.74, 6) is 1.39. The number of carbonyl (C=O) groups is 1. The average molecular weight is 368 g/mol. The summed E-state index contributed by atoms with van der Waals surface area (Å²) in [5, 5.41) is 4.48. The maximum atomic E-state index is 13.1. The third kappa shape index (κ3) is 3.99. The van der Waals surface area contributed by atoms with Gasteiger partial charge in [0.2, 0.25) is 5.91 Å². The second-order valence-corrected chi connectivity index (χ2v) is 7.90. The number of carbonyl (C=O) groups excluding carboxylic acids is 1. The van der Waals surface area contributed by atoms with Crippen LogP contribution in [0.3, 0.4) is 0 Å². The monoisotopic (exact) mass is 368 g/mol. The quantitative estimate of drug-likeness (QED) is 0.787. The third-order valence-corrected chi connectivity index (χ3v) is 5.88. The first kappa shape index (κ1) is 18.0. The summed E-state index contributed by atoms with van der Waals surface area (Å²) >= 11 is 0. The molecule has 144 valence electrons. The first-order valence-electron chi connectivity index (χ1n) is 10.1. The molecule has 0 spiro atoms. The highest BCUT2D eigenvalue weighted by Gasteiger charge is 2.34. The molecule has 27 heavy (non-hydrogen) atoms. The average Bonchev–Trinajstić information content (AvgIpc) is 3.50. The van der Waals surface area contributed by atoms with Crippen molar-refractivity contribution in [1.29, 1.82) is 0 Å². The minimum Gasteiger partial charge on any atom is -0.334 e. The summed E-state index contributed by atoms with van der Waals surface area (Å²) in [4.78, 5) is 27.8. The van der Waals surface area contributed by atoms with E-state index in [1.807, 2.05) is 35.2 Å². The van der Waals surface area contributed by atoms with E-state index in [0.29, 0.717) is 19.0 Å². The van der Waals surface area contributed by atoms with Gasteiger partial charge in [0.25, 0.3) is 0 Å². The van der Waals surface area contributed by atoms with Crippen LogP contribution in [0.2, 0.25) is 0 Å². The lowest BCUT2D eigenvalue weighted by Crippen LogP contribution is -2.42. The molecule has 1 unspecified atom stereocenters. The first-order valence-corrected chi connectivity index (χ1v) is 10.1. The molecule has 2 heterocycles. The van der Waals surface area contributed by atoms with Gasteiger partial charge in [-0.05, 0) is 44.1 Å². The smallest absolute Gasteiger partial charge is 0.334 e. The Kier molecular flexibility index (Phi) is 5.14. The van der Waals surface area contributed by atoms with E-state index in [1.165, 1.54) is 17.5 Å². The van der Waals surface area contributed by atoms with Gasteiger partial charge in [0.15, 0.2) is 0 Å². The van der Waals surface area contributed by atoms with Crippen molar-refractivity contribution in [3.8, 4) is 0 Å². The Balaban J connectivity index is 1.54. The van der Waals surface area contributed by atoms with Crippen molar-refractivity contribution in [1.82, 2.24) is 19.2 Å². The fourth-order valence-corrected chi connectivity index (χ4v) is 4.02. The molecule has 6 heteroatoms. The Morgan fingerprint density at radius 3 is 2.74 bits per heavy atom. The van der Waals surface area contributed by atoms with E-state index in [1.54, 1.807) is 4.57 Å². The van der Waals surface area contributed by atoms with Crippen molar-refractivity contribution in [3.63, 3.8) is 0 Å². The summed E-state index contributed by atoms with van der Waals surface area (Å²) < 4.78 is 3.13. The predicted octanol–water partition coefficient (Wildman–Crippen LogP) is 2.60. The summed E-state index contributed by atoms with van der Waals surface area (Å²) in [7, 11) is 0. The van der Waals surface area contributed by atoms with Crippen molar-refractivity contribution in [3.05, 3.63) is 52.2 Å². The van der Waals surface area contributed by atoms with Crippen LogP contribution in [0, 0.1) is 5.92 Å². The lowest BCUT2D eigenvalue weighted by atomic mass is 10.1. The standard InChI is InChI=1S/C21H28N4O2/c1-16(18-11-12-18)24(14-17-8-4-2-5-9-17)20(26)15-25-21(27)23-13-7-3-6-10-19(23)22-25/h2,4-5,8-9,16,18H,3,6-7,10-15H2,1H3. The van der Waals surface area contributed by atoms with Gasteiger partial charge >= 0.3 is 5.69 Å². The lowest BCUT2D eigenvalue weighted by Gasteiger charge is -2.29. The molecule has 0 bridgehead atoms. The highest BCUT2D eigenvalue weighted by Crippen LogP contribution is 2.35. The summed E-state index contributed by atoms with van der Waals surface area (Å²) in [5.41, 5.74) is 0.977. The second kappa shape index (κ2) is 7.71. The molecule has 0 radical (unpaired) electrons. The van der Waals surface area contributed by atoms with E-state index >= 15 is 0 Å². The molecule has 2 aromatic rings. The SMILES string of the molecule is CC(C1CC1)N(Cc1ccccc1)C(=O)Cn1nc2n(c1=O)CCCCC2. The van der Waals surface area contributed by atoms with Crippen LogP contribution in [0.25, 0.3) is 0 Å². The van der Waals surface area contributed by atoms with Gasteiger partial charge in [0.1, 0.15) is 12.4 Å². The van der Waals surface area contributed by atoms with Gasteiger partial charge in [-0.25, -0.2) is 9.48 Å². The lowest BCUT2D eigenvalue weighted by molar-refractivity contribution is -0.135. The Morgan fingerprint density at radius 2 is 2.00 bits per heavy atom. The molecule has 1 atom stereocenters. The Bertz CT molecular complexity index is 851. The van der Waals surface area contributed by atoms with Crippen LogP contribution < -0.4 is 5.69 Å². The predicted molar refractivity (Wildman–Crippen MR) is 103 cm³/mol. The minimum atomic E-state index is -0.140. The number of nitrogens with zero attached hydrogens (tertiary/aromatic N) is 4. The van der Waals surface area contributed by atoms with E-state index in [2.05, 4.69) is 12.0 Å². The van der Waals surface area contributed by atoms with E-state index in [4.69, 9.17) is 0 Å². The molecule has 6 nitrogen and oxygen atoms in total. The third-order valence-electron chi connectivity index (χ3n) is 5.88. The van der Waals surface area contributed by atoms with E-state index < -0.39 is 0 Å². The number of fused-ring (bicyclic) bond motifs is 1. The van der Waals surface area contributed by atoms with Gasteiger partial charge < -0.3 is 4.90 Å². The van der Waals surface area contributed by atoms with Crippen LogP contribution in [0.1, 0.15) is 50.4 Å². The molecule has 1 aromatic carbocycles. The van der Waals surface area contributed by atoms with Crippen molar-refractivity contribution < 1.29 is 4.79 Å². The molecule has 2 aliphatic rings. The fourth-order valence-electron chi connectivity index (χ4n) is 4.02. The zero-order valence-corrected chi connectivity index (χ0v) is 16.0. The maximum absolute atomic E-state index is 13.1. The molecular weight excluding hydrogens is 340 g/mol. The topological polar surface area (TPSA) is 60.1 Å². The molecule has 1 fully saturated rings. The zero-order valence-electron chi connectivity index (χ0n) is 16.0. The first-order chi connectivity index (χ1) is 13.1. The molecule has 1 aromatic heterocycles. The van der Waals surface area contributed by atoms with Crippen LogP contribution in [-0.2, 0) is 30.8 Å². The van der Waals surface area contributed by atoms with Crippen LogP contribution in [-0.4, -0.2) is 31.2 Å². The summed E-state index contributed by atoms with van der Waals surface area (Å²) in [6.45, 7) is 3.46. The highest BCUT2D eigenvalue weighted by atomic mass is 16.2. The molecule has 1 aliphatic heterocycles. The van der Waals surface area contributed by atoms with E-state index in [9.17, 15) is 9.59 Å². The Labute approximate surface area is 159 Å². The van der Waals surface area contributed by atoms with E-state index in [0.717, 1.165) is 37.1 Å². The van der Waals surface area contributed by atoms with Crippen LogP contribution in [0.5, 0.6) is 0 Å². The Hall–Kier alpha value is -2.37. The van der Waals surface area contributed by atoms with Gasteiger partial charge in [-0.2, -0.15) is 5.10 Å². The minimum absolute atomic E-state index is 0.0198. The van der Waals surface area contributed by atoms with Gasteiger partial charge in [-0.1, -0.05) is 36.8 Å². The van der Waals surface area contributed by atoms with E-state index in [-0.39, 0.29) is 24.2 Å². The van der Waals surface area contributed by atoms with Crippen molar-refractivity contribution >= 4 is 5.91 Å². The number of hydrogen-bond donors (Lipinski definition) is 0. The molecular formula is C21H28N4O2. The summed E-state index contributed by atoms with van der Waals surface area (Å²) in [6, 6.07) is 10.3.